The lowest BCUT2D eigenvalue weighted by atomic mass is 9.77. The van der Waals surface area contributed by atoms with Crippen LogP contribution >= 0.6 is 0 Å². The number of hydrogen-bond donors (Lipinski definition) is 0. The first kappa shape index (κ1) is 23.7. The van der Waals surface area contributed by atoms with E-state index in [-0.39, 0.29) is 5.41 Å². The van der Waals surface area contributed by atoms with Gasteiger partial charge in [-0.15, -0.1) is 0 Å². The van der Waals surface area contributed by atoms with Gasteiger partial charge in [-0.1, -0.05) is 70.2 Å². The first-order chi connectivity index (χ1) is 15.4. The fourth-order valence-electron chi connectivity index (χ4n) is 4.08. The topological polar surface area (TPSA) is 35.0 Å². The zero-order chi connectivity index (χ0) is 23.1. The van der Waals surface area contributed by atoms with E-state index >= 15 is 0 Å². The van der Waals surface area contributed by atoms with Crippen LogP contribution in [0, 0.1) is 6.92 Å². The second-order valence-electron chi connectivity index (χ2n) is 9.06. The number of hydrogen-bond acceptors (Lipinski definition) is 3. The fraction of sp³-hybridized carbons (Fsp3) is 0.379. The molecule has 3 aromatic rings. The van der Waals surface area contributed by atoms with Gasteiger partial charge < -0.3 is 4.74 Å². The van der Waals surface area contributed by atoms with Crippen molar-refractivity contribution in [2.75, 3.05) is 0 Å². The van der Waals surface area contributed by atoms with Crippen molar-refractivity contribution in [3.05, 3.63) is 94.4 Å². The van der Waals surface area contributed by atoms with Gasteiger partial charge in [-0.2, -0.15) is 0 Å². The Kier molecular flexibility index (Phi) is 7.84. The molecule has 168 valence electrons. The van der Waals surface area contributed by atoms with Crippen LogP contribution in [0.3, 0.4) is 0 Å². The van der Waals surface area contributed by atoms with Gasteiger partial charge in [-0.3, -0.25) is 4.98 Å². The van der Waals surface area contributed by atoms with Crippen molar-refractivity contribution < 1.29 is 4.74 Å². The normalized spacial score (nSPS) is 11.4. The molecule has 0 amide bonds. The van der Waals surface area contributed by atoms with E-state index in [1.807, 2.05) is 18.3 Å². The van der Waals surface area contributed by atoms with Gasteiger partial charge in [0.15, 0.2) is 0 Å². The van der Waals surface area contributed by atoms with Crippen molar-refractivity contribution in [1.29, 1.82) is 0 Å². The molecule has 2 aromatic heterocycles. The molecule has 0 aliphatic heterocycles. The average Bonchev–Trinajstić information content (AvgIpc) is 2.82. The first-order valence-electron chi connectivity index (χ1n) is 11.7. The van der Waals surface area contributed by atoms with Crippen LogP contribution in [-0.4, -0.2) is 9.97 Å². The maximum Gasteiger partial charge on any atom is 0.214 e. The molecular formula is C29H36N2O. The lowest BCUT2D eigenvalue weighted by Gasteiger charge is -2.28. The van der Waals surface area contributed by atoms with Crippen LogP contribution in [0.15, 0.2) is 55.2 Å². The predicted octanol–water partition coefficient (Wildman–Crippen LogP) is 7.04. The summed E-state index contributed by atoms with van der Waals surface area (Å²) in [5.41, 5.74) is 8.57. The van der Waals surface area contributed by atoms with Gasteiger partial charge >= 0.3 is 0 Å². The Hall–Kier alpha value is -2.94. The van der Waals surface area contributed by atoms with E-state index in [0.717, 1.165) is 36.9 Å². The molecule has 0 saturated carbocycles. The Balaban J connectivity index is 1.76. The van der Waals surface area contributed by atoms with Gasteiger partial charge in [-0.05, 0) is 72.4 Å². The molecule has 0 fully saturated rings. The Labute approximate surface area is 193 Å². The van der Waals surface area contributed by atoms with Crippen molar-refractivity contribution in [2.45, 2.75) is 72.3 Å². The van der Waals surface area contributed by atoms with Gasteiger partial charge in [-0.25, -0.2) is 4.98 Å². The van der Waals surface area contributed by atoms with E-state index in [2.05, 4.69) is 77.6 Å². The maximum absolute atomic E-state index is 5.93. The zero-order valence-electron chi connectivity index (χ0n) is 20.2. The third-order valence-corrected chi connectivity index (χ3v) is 6.38. The lowest BCUT2D eigenvalue weighted by Crippen LogP contribution is -2.21. The van der Waals surface area contributed by atoms with Crippen LogP contribution in [0.4, 0.5) is 0 Å². The van der Waals surface area contributed by atoms with E-state index in [0.29, 0.717) is 12.5 Å². The molecule has 3 nitrogen and oxygen atoms in total. The third-order valence-electron chi connectivity index (χ3n) is 6.38. The van der Waals surface area contributed by atoms with Crippen molar-refractivity contribution in [1.82, 2.24) is 9.97 Å². The molecule has 0 aliphatic rings. The minimum atomic E-state index is 0.113. The molecule has 0 radical (unpaired) electrons. The van der Waals surface area contributed by atoms with E-state index in [9.17, 15) is 0 Å². The van der Waals surface area contributed by atoms with Gasteiger partial charge in [0, 0.05) is 18.0 Å². The Morgan fingerprint density at radius 1 is 0.969 bits per heavy atom. The van der Waals surface area contributed by atoms with E-state index in [4.69, 9.17) is 14.7 Å². The minimum Gasteiger partial charge on any atom is -0.473 e. The predicted molar refractivity (Wildman–Crippen MR) is 134 cm³/mol. The fourth-order valence-corrected chi connectivity index (χ4v) is 4.08. The molecule has 0 atom stereocenters. The van der Waals surface area contributed by atoms with Gasteiger partial charge in [0.25, 0.3) is 0 Å². The number of nitrogens with zero attached hydrogens (tertiary/aromatic N) is 2. The minimum absolute atomic E-state index is 0.113. The summed E-state index contributed by atoms with van der Waals surface area (Å²) in [4.78, 5) is 9.48. The number of benzene rings is 1. The summed E-state index contributed by atoms with van der Waals surface area (Å²) in [6, 6.07) is 14.6. The number of pyridine rings is 2. The SMILES string of the molecule is C=Cc1nc(OCc2ccc(C)cc2)ccc1CCc1nccc(CC)c1C(C)(C)CC. The average molecular weight is 429 g/mol. The summed E-state index contributed by atoms with van der Waals surface area (Å²) < 4.78 is 5.93. The first-order valence-corrected chi connectivity index (χ1v) is 11.7. The monoisotopic (exact) mass is 428 g/mol. The highest BCUT2D eigenvalue weighted by Crippen LogP contribution is 2.33. The van der Waals surface area contributed by atoms with E-state index < -0.39 is 0 Å². The number of rotatable bonds is 10. The van der Waals surface area contributed by atoms with Crippen LogP contribution in [0.25, 0.3) is 6.08 Å². The second kappa shape index (κ2) is 10.6. The summed E-state index contributed by atoms with van der Waals surface area (Å²) in [5.74, 6) is 0.628. The largest absolute Gasteiger partial charge is 0.473 e. The van der Waals surface area contributed by atoms with Crippen molar-refractivity contribution in [2.24, 2.45) is 0 Å². The quantitative estimate of drug-likeness (QED) is 0.347. The third kappa shape index (κ3) is 5.64. The molecule has 3 heteroatoms. The number of aryl methyl sites for hydroxylation is 4. The molecule has 0 spiro atoms. The van der Waals surface area contributed by atoms with Gasteiger partial charge in [0.2, 0.25) is 5.88 Å². The lowest BCUT2D eigenvalue weighted by molar-refractivity contribution is 0.293. The van der Waals surface area contributed by atoms with E-state index in [1.54, 1.807) is 0 Å². The van der Waals surface area contributed by atoms with Gasteiger partial charge in [0.05, 0.1) is 5.69 Å². The number of ether oxygens (including phenoxy) is 1. The van der Waals surface area contributed by atoms with Crippen molar-refractivity contribution >= 4 is 6.08 Å². The van der Waals surface area contributed by atoms with Crippen LogP contribution in [0.1, 0.15) is 73.3 Å². The van der Waals surface area contributed by atoms with Gasteiger partial charge in [0.1, 0.15) is 6.61 Å². The van der Waals surface area contributed by atoms with Crippen LogP contribution in [0.2, 0.25) is 0 Å². The molecule has 1 aromatic carbocycles. The Morgan fingerprint density at radius 3 is 2.38 bits per heavy atom. The van der Waals surface area contributed by atoms with Crippen molar-refractivity contribution in [3.63, 3.8) is 0 Å². The summed E-state index contributed by atoms with van der Waals surface area (Å²) in [7, 11) is 0. The molecule has 0 unspecified atom stereocenters. The van der Waals surface area contributed by atoms with Crippen LogP contribution < -0.4 is 4.74 Å². The highest BCUT2D eigenvalue weighted by molar-refractivity contribution is 5.49. The molecule has 0 bridgehead atoms. The molecule has 2 heterocycles. The number of aromatic nitrogens is 2. The summed E-state index contributed by atoms with van der Waals surface area (Å²) in [6.07, 6.45) is 7.66. The Morgan fingerprint density at radius 2 is 1.72 bits per heavy atom. The summed E-state index contributed by atoms with van der Waals surface area (Å²) >= 11 is 0. The van der Waals surface area contributed by atoms with Crippen LogP contribution in [0.5, 0.6) is 5.88 Å². The molecule has 0 saturated heterocycles. The smallest absolute Gasteiger partial charge is 0.214 e. The summed E-state index contributed by atoms with van der Waals surface area (Å²) in [5, 5.41) is 0. The second-order valence-corrected chi connectivity index (χ2v) is 9.06. The highest BCUT2D eigenvalue weighted by Gasteiger charge is 2.25. The molecule has 3 rings (SSSR count). The molecule has 0 N–H and O–H groups in total. The summed E-state index contributed by atoms with van der Waals surface area (Å²) in [6.45, 7) is 15.7. The molecule has 32 heavy (non-hydrogen) atoms. The zero-order valence-corrected chi connectivity index (χ0v) is 20.2. The standard InChI is InChI=1S/C29H36N2O/c1-7-23-18-19-30-26(28(23)29(5,6)9-3)16-14-24-15-17-27(31-25(24)8-2)32-20-22-12-10-21(4)11-13-22/h8,10-13,15,17-19H,2,7,9,14,16,20H2,1,3-6H3. The Bertz CT molecular complexity index is 1050. The maximum atomic E-state index is 5.93. The molecule has 0 aliphatic carbocycles. The highest BCUT2D eigenvalue weighted by atomic mass is 16.5. The van der Waals surface area contributed by atoms with Crippen molar-refractivity contribution in [3.8, 4) is 5.88 Å². The van der Waals surface area contributed by atoms with E-state index in [1.165, 1.54) is 27.9 Å². The van der Waals surface area contributed by atoms with Crippen LogP contribution in [-0.2, 0) is 31.3 Å². The molecular weight excluding hydrogens is 392 g/mol.